The summed E-state index contributed by atoms with van der Waals surface area (Å²) in [6, 6.07) is 7.14. The zero-order valence-corrected chi connectivity index (χ0v) is 15.2. The molecule has 0 aliphatic rings. The van der Waals surface area contributed by atoms with Gasteiger partial charge in [-0.25, -0.2) is 8.42 Å². The quantitative estimate of drug-likeness (QED) is 0.912. The van der Waals surface area contributed by atoms with E-state index in [0.29, 0.717) is 11.4 Å². The first kappa shape index (κ1) is 17.7. The molecule has 6 heteroatoms. The lowest BCUT2D eigenvalue weighted by atomic mass is 10.1. The number of hydrogen-bond donors (Lipinski definition) is 1. The van der Waals surface area contributed by atoms with Crippen molar-refractivity contribution >= 4 is 9.84 Å². The summed E-state index contributed by atoms with van der Waals surface area (Å²) in [4.78, 5) is 0.347. The summed E-state index contributed by atoms with van der Waals surface area (Å²) in [5.41, 5.74) is 2.16. The van der Waals surface area contributed by atoms with E-state index < -0.39 is 9.84 Å². The first-order valence-corrected chi connectivity index (χ1v) is 9.54. The lowest BCUT2D eigenvalue weighted by molar-refractivity contribution is 0.355. The second-order valence-electron chi connectivity index (χ2n) is 6.91. The molecule has 1 heterocycles. The first-order valence-electron chi connectivity index (χ1n) is 7.65. The molecule has 1 atom stereocenters. The highest BCUT2D eigenvalue weighted by atomic mass is 32.2. The van der Waals surface area contributed by atoms with E-state index in [2.05, 4.69) is 38.1 Å². The fraction of sp³-hybridized carbons (Fsp3) is 0.471. The molecule has 0 fully saturated rings. The smallest absolute Gasteiger partial charge is 0.175 e. The Balaban J connectivity index is 1.99. The van der Waals surface area contributed by atoms with E-state index in [1.54, 1.807) is 12.1 Å². The number of nitrogens with zero attached hydrogens (tertiary/aromatic N) is 2. The maximum Gasteiger partial charge on any atom is 0.175 e. The third-order valence-corrected chi connectivity index (χ3v) is 4.87. The molecule has 2 rings (SSSR count). The van der Waals surface area contributed by atoms with Gasteiger partial charge in [-0.3, -0.25) is 4.68 Å². The molecule has 0 amide bonds. The van der Waals surface area contributed by atoms with Crippen LogP contribution in [0.4, 0.5) is 0 Å². The van der Waals surface area contributed by atoms with Gasteiger partial charge in [0.25, 0.3) is 0 Å². The molecule has 23 heavy (non-hydrogen) atoms. The van der Waals surface area contributed by atoms with Crippen LogP contribution < -0.4 is 5.32 Å². The van der Waals surface area contributed by atoms with Crippen molar-refractivity contribution < 1.29 is 8.42 Å². The fourth-order valence-corrected chi connectivity index (χ4v) is 2.84. The summed E-state index contributed by atoms with van der Waals surface area (Å²) in [6.07, 6.45) is 5.14. The zero-order valence-electron chi connectivity index (χ0n) is 14.4. The minimum atomic E-state index is -3.14. The molecule has 5 nitrogen and oxygen atoms in total. The number of rotatable bonds is 5. The fourth-order valence-electron chi connectivity index (χ4n) is 2.21. The van der Waals surface area contributed by atoms with Crippen LogP contribution in [0.25, 0.3) is 0 Å². The molecular formula is C17H25N3O2S. The maximum absolute atomic E-state index is 11.5. The van der Waals surface area contributed by atoms with Gasteiger partial charge in [0.05, 0.1) is 16.6 Å². The molecule has 0 spiro atoms. The van der Waals surface area contributed by atoms with Gasteiger partial charge < -0.3 is 5.32 Å². The molecule has 1 aromatic carbocycles. The number of benzene rings is 1. The minimum absolute atomic E-state index is 0.0225. The zero-order chi connectivity index (χ0) is 17.3. The van der Waals surface area contributed by atoms with Crippen LogP contribution in [0.5, 0.6) is 0 Å². The van der Waals surface area contributed by atoms with E-state index in [4.69, 9.17) is 0 Å². The lowest BCUT2D eigenvalue weighted by Gasteiger charge is -2.18. The van der Waals surface area contributed by atoms with Gasteiger partial charge in [0.15, 0.2) is 9.84 Å². The molecule has 1 aromatic heterocycles. The predicted octanol–water partition coefficient (Wildman–Crippen LogP) is 2.89. The standard InChI is InChI=1S/C17H25N3O2S/c1-13(15-6-8-16(9-7-15)23(5,21)22)18-10-14-11-19-20(12-14)17(2,3)4/h6-9,11-13,18H,10H2,1-5H3. The van der Waals surface area contributed by atoms with Crippen molar-refractivity contribution in [2.75, 3.05) is 6.26 Å². The van der Waals surface area contributed by atoms with E-state index in [-0.39, 0.29) is 11.6 Å². The highest BCUT2D eigenvalue weighted by Crippen LogP contribution is 2.17. The average Bonchev–Trinajstić information content (AvgIpc) is 2.93. The summed E-state index contributed by atoms with van der Waals surface area (Å²) < 4.78 is 24.9. The van der Waals surface area contributed by atoms with E-state index in [1.165, 1.54) is 6.26 Å². The Morgan fingerprint density at radius 1 is 1.22 bits per heavy atom. The lowest BCUT2D eigenvalue weighted by Crippen LogP contribution is -2.22. The summed E-state index contributed by atoms with van der Waals surface area (Å²) in [7, 11) is -3.14. The van der Waals surface area contributed by atoms with Crippen LogP contribution in [0, 0.1) is 0 Å². The van der Waals surface area contributed by atoms with Crippen molar-refractivity contribution in [3.05, 3.63) is 47.8 Å². The Morgan fingerprint density at radius 2 is 1.83 bits per heavy atom. The molecular weight excluding hydrogens is 310 g/mol. The van der Waals surface area contributed by atoms with Crippen LogP contribution in [0.2, 0.25) is 0 Å². The van der Waals surface area contributed by atoms with Crippen molar-refractivity contribution in [3.8, 4) is 0 Å². The second-order valence-corrected chi connectivity index (χ2v) is 8.92. The van der Waals surface area contributed by atoms with E-state index >= 15 is 0 Å². The number of hydrogen-bond acceptors (Lipinski definition) is 4. The SMILES string of the molecule is CC(NCc1cnn(C(C)(C)C)c1)c1ccc(S(C)(=O)=O)cc1. The van der Waals surface area contributed by atoms with Gasteiger partial charge in [0, 0.05) is 30.6 Å². The van der Waals surface area contributed by atoms with Crippen molar-refractivity contribution in [1.29, 1.82) is 0 Å². The second kappa shape index (κ2) is 6.45. The minimum Gasteiger partial charge on any atom is -0.306 e. The van der Waals surface area contributed by atoms with E-state index in [1.807, 2.05) is 29.2 Å². The molecule has 0 saturated carbocycles. The van der Waals surface area contributed by atoms with Gasteiger partial charge in [-0.15, -0.1) is 0 Å². The Bertz CT molecular complexity index is 756. The highest BCUT2D eigenvalue weighted by molar-refractivity contribution is 7.90. The van der Waals surface area contributed by atoms with Crippen molar-refractivity contribution in [1.82, 2.24) is 15.1 Å². The first-order chi connectivity index (χ1) is 10.6. The molecule has 2 aromatic rings. The third-order valence-electron chi connectivity index (χ3n) is 3.74. The van der Waals surface area contributed by atoms with Crippen LogP contribution in [0.15, 0.2) is 41.6 Å². The molecule has 1 unspecified atom stereocenters. The Morgan fingerprint density at radius 3 is 2.30 bits per heavy atom. The van der Waals surface area contributed by atoms with Crippen LogP contribution in [-0.4, -0.2) is 24.5 Å². The van der Waals surface area contributed by atoms with Gasteiger partial charge in [-0.1, -0.05) is 12.1 Å². The number of aromatic nitrogens is 2. The monoisotopic (exact) mass is 335 g/mol. The van der Waals surface area contributed by atoms with Crippen LogP contribution in [-0.2, 0) is 21.9 Å². The van der Waals surface area contributed by atoms with Crippen LogP contribution in [0.3, 0.4) is 0 Å². The van der Waals surface area contributed by atoms with Gasteiger partial charge in [0.1, 0.15) is 0 Å². The summed E-state index contributed by atoms with van der Waals surface area (Å²) in [5, 5.41) is 7.82. The molecule has 0 bridgehead atoms. The third kappa shape index (κ3) is 4.65. The summed E-state index contributed by atoms with van der Waals surface area (Å²) in [5.74, 6) is 0. The van der Waals surface area contributed by atoms with Crippen molar-refractivity contribution in [2.24, 2.45) is 0 Å². The van der Waals surface area contributed by atoms with Crippen LogP contribution in [0.1, 0.15) is 44.9 Å². The maximum atomic E-state index is 11.5. The van der Waals surface area contributed by atoms with Crippen molar-refractivity contribution in [3.63, 3.8) is 0 Å². The molecule has 126 valence electrons. The van der Waals surface area contributed by atoms with Gasteiger partial charge >= 0.3 is 0 Å². The van der Waals surface area contributed by atoms with Gasteiger partial charge in [0.2, 0.25) is 0 Å². The molecule has 0 radical (unpaired) electrons. The van der Waals surface area contributed by atoms with E-state index in [9.17, 15) is 8.42 Å². The van der Waals surface area contributed by atoms with Gasteiger partial charge in [-0.05, 0) is 45.4 Å². The molecule has 0 saturated heterocycles. The topological polar surface area (TPSA) is 64.0 Å². The number of nitrogens with one attached hydrogen (secondary N) is 1. The predicted molar refractivity (Wildman–Crippen MR) is 92.0 cm³/mol. The highest BCUT2D eigenvalue weighted by Gasteiger charge is 2.14. The molecule has 0 aliphatic carbocycles. The van der Waals surface area contributed by atoms with E-state index in [0.717, 1.165) is 11.1 Å². The summed E-state index contributed by atoms with van der Waals surface area (Å²) >= 11 is 0. The Labute approximate surface area is 138 Å². The Hall–Kier alpha value is -1.66. The molecule has 1 N–H and O–H groups in total. The Kier molecular flexibility index (Phi) is 4.96. The average molecular weight is 335 g/mol. The number of sulfone groups is 1. The largest absolute Gasteiger partial charge is 0.306 e. The van der Waals surface area contributed by atoms with Crippen molar-refractivity contribution in [2.45, 2.75) is 50.7 Å². The molecule has 0 aliphatic heterocycles. The van der Waals surface area contributed by atoms with Crippen LogP contribution >= 0.6 is 0 Å². The van der Waals surface area contributed by atoms with Gasteiger partial charge in [-0.2, -0.15) is 5.10 Å². The summed E-state index contributed by atoms with van der Waals surface area (Å²) in [6.45, 7) is 9.12. The normalized spacial score (nSPS) is 14.0.